The molecular weight excluding hydrogens is 344 g/mol. The van der Waals surface area contributed by atoms with E-state index in [2.05, 4.69) is 44.5 Å². The van der Waals surface area contributed by atoms with Crippen LogP contribution in [0.4, 0.5) is 5.82 Å². The normalized spacial score (nSPS) is 15.4. The molecule has 0 atom stereocenters. The molecule has 5 nitrogen and oxygen atoms in total. The van der Waals surface area contributed by atoms with Crippen molar-refractivity contribution in [3.05, 3.63) is 42.0 Å². The highest BCUT2D eigenvalue weighted by atomic mass is 32.1. The molecule has 26 heavy (non-hydrogen) atoms. The molecule has 2 aromatic heterocycles. The summed E-state index contributed by atoms with van der Waals surface area (Å²) in [7, 11) is 3.67. The van der Waals surface area contributed by atoms with E-state index < -0.39 is 0 Å². The summed E-state index contributed by atoms with van der Waals surface area (Å²) < 4.78 is 0. The number of aromatic nitrogens is 2. The van der Waals surface area contributed by atoms with Crippen LogP contribution in [0.1, 0.15) is 12.8 Å². The van der Waals surface area contributed by atoms with Gasteiger partial charge in [0.25, 0.3) is 0 Å². The highest BCUT2D eigenvalue weighted by Crippen LogP contribution is 2.38. The second-order valence-electron chi connectivity index (χ2n) is 6.89. The van der Waals surface area contributed by atoms with Crippen LogP contribution in [0.3, 0.4) is 0 Å². The number of rotatable bonds is 3. The lowest BCUT2D eigenvalue weighted by molar-refractivity contribution is -0.133. The first kappa shape index (κ1) is 17.0. The van der Waals surface area contributed by atoms with Crippen molar-refractivity contribution in [2.75, 3.05) is 32.1 Å². The monoisotopic (exact) mass is 366 g/mol. The predicted molar refractivity (Wildman–Crippen MR) is 106 cm³/mol. The molecule has 0 N–H and O–H groups in total. The van der Waals surface area contributed by atoms with Crippen molar-refractivity contribution >= 4 is 33.3 Å². The summed E-state index contributed by atoms with van der Waals surface area (Å²) >= 11 is 1.66. The molecule has 4 rings (SSSR count). The fourth-order valence-electron chi connectivity index (χ4n) is 3.63. The Balaban J connectivity index is 1.66. The number of carbonyl (C=O) groups excluding carboxylic acids is 1. The third kappa shape index (κ3) is 3.05. The van der Waals surface area contributed by atoms with Crippen LogP contribution in [-0.2, 0) is 4.79 Å². The number of benzene rings is 1. The molecule has 0 aliphatic carbocycles. The Morgan fingerprint density at radius 3 is 2.58 bits per heavy atom. The number of carbonyl (C=O) groups is 1. The number of nitrogens with zero attached hydrogens (tertiary/aromatic N) is 4. The van der Waals surface area contributed by atoms with Crippen molar-refractivity contribution in [3.8, 4) is 11.1 Å². The average molecular weight is 366 g/mol. The summed E-state index contributed by atoms with van der Waals surface area (Å²) in [6, 6.07) is 10.4. The first-order valence-electron chi connectivity index (χ1n) is 8.89. The van der Waals surface area contributed by atoms with Gasteiger partial charge in [-0.1, -0.05) is 30.3 Å². The molecule has 1 fully saturated rings. The van der Waals surface area contributed by atoms with Crippen LogP contribution in [0, 0.1) is 5.92 Å². The first-order chi connectivity index (χ1) is 12.6. The van der Waals surface area contributed by atoms with Gasteiger partial charge in [0.1, 0.15) is 17.0 Å². The summed E-state index contributed by atoms with van der Waals surface area (Å²) in [6.07, 6.45) is 3.39. The Kier molecular flexibility index (Phi) is 4.59. The van der Waals surface area contributed by atoms with Crippen LogP contribution in [0.15, 0.2) is 42.0 Å². The van der Waals surface area contributed by atoms with Gasteiger partial charge in [-0.2, -0.15) is 0 Å². The lowest BCUT2D eigenvalue weighted by Gasteiger charge is -2.33. The molecule has 134 valence electrons. The maximum Gasteiger partial charge on any atom is 0.225 e. The van der Waals surface area contributed by atoms with Crippen molar-refractivity contribution in [2.45, 2.75) is 12.8 Å². The zero-order valence-electron chi connectivity index (χ0n) is 15.1. The quantitative estimate of drug-likeness (QED) is 0.710. The number of hydrogen-bond donors (Lipinski definition) is 0. The topological polar surface area (TPSA) is 49.3 Å². The first-order valence-corrected chi connectivity index (χ1v) is 9.77. The van der Waals surface area contributed by atoms with Crippen LogP contribution >= 0.6 is 11.3 Å². The smallest absolute Gasteiger partial charge is 0.225 e. The zero-order chi connectivity index (χ0) is 18.1. The summed E-state index contributed by atoms with van der Waals surface area (Å²) in [6.45, 7) is 1.70. The summed E-state index contributed by atoms with van der Waals surface area (Å²) in [5, 5.41) is 3.29. The van der Waals surface area contributed by atoms with Gasteiger partial charge in [-0.25, -0.2) is 9.97 Å². The minimum atomic E-state index is 0.120. The van der Waals surface area contributed by atoms with Crippen molar-refractivity contribution in [1.29, 1.82) is 0 Å². The molecule has 3 heterocycles. The van der Waals surface area contributed by atoms with Gasteiger partial charge in [0.05, 0.1) is 5.39 Å². The molecule has 0 bridgehead atoms. The highest BCUT2D eigenvalue weighted by molar-refractivity contribution is 7.17. The Labute approximate surface area is 157 Å². The SMILES string of the molecule is CN(C)C(=O)C1CCN(c2ncnc3scc(-c4ccccc4)c23)CC1. The van der Waals surface area contributed by atoms with E-state index >= 15 is 0 Å². The molecule has 1 aliphatic rings. The third-order valence-electron chi connectivity index (χ3n) is 5.02. The molecule has 1 aromatic carbocycles. The van der Waals surface area contributed by atoms with Gasteiger partial charge in [0.15, 0.2) is 0 Å². The molecule has 1 saturated heterocycles. The molecule has 0 spiro atoms. The van der Waals surface area contributed by atoms with Gasteiger partial charge in [-0.3, -0.25) is 4.79 Å². The van der Waals surface area contributed by atoms with E-state index in [1.54, 1.807) is 22.6 Å². The summed E-state index contributed by atoms with van der Waals surface area (Å²) in [5.41, 5.74) is 2.38. The van der Waals surface area contributed by atoms with Gasteiger partial charge < -0.3 is 9.80 Å². The zero-order valence-corrected chi connectivity index (χ0v) is 15.9. The van der Waals surface area contributed by atoms with Crippen molar-refractivity contribution < 1.29 is 4.79 Å². The Bertz CT molecular complexity index is 914. The van der Waals surface area contributed by atoms with Gasteiger partial charge >= 0.3 is 0 Å². The van der Waals surface area contributed by atoms with E-state index in [4.69, 9.17) is 0 Å². The number of piperidine rings is 1. The largest absolute Gasteiger partial charge is 0.356 e. The number of anilines is 1. The van der Waals surface area contributed by atoms with Crippen molar-refractivity contribution in [3.63, 3.8) is 0 Å². The van der Waals surface area contributed by atoms with Crippen LogP contribution in [-0.4, -0.2) is 48.0 Å². The highest BCUT2D eigenvalue weighted by Gasteiger charge is 2.28. The van der Waals surface area contributed by atoms with Gasteiger partial charge in [0.2, 0.25) is 5.91 Å². The fraction of sp³-hybridized carbons (Fsp3) is 0.350. The van der Waals surface area contributed by atoms with E-state index in [0.717, 1.165) is 42.0 Å². The van der Waals surface area contributed by atoms with Crippen LogP contribution in [0.25, 0.3) is 21.3 Å². The molecule has 6 heteroatoms. The predicted octanol–water partition coefficient (Wildman–Crippen LogP) is 3.66. The van der Waals surface area contributed by atoms with Gasteiger partial charge in [-0.05, 0) is 18.4 Å². The second kappa shape index (κ2) is 7.03. The second-order valence-corrected chi connectivity index (χ2v) is 7.74. The van der Waals surface area contributed by atoms with Crippen LogP contribution in [0.2, 0.25) is 0 Å². The lowest BCUT2D eigenvalue weighted by Crippen LogP contribution is -2.40. The number of thiophene rings is 1. The number of amides is 1. The van der Waals surface area contributed by atoms with Crippen molar-refractivity contribution in [2.24, 2.45) is 5.92 Å². The van der Waals surface area contributed by atoms with Crippen LogP contribution < -0.4 is 4.90 Å². The Hall–Kier alpha value is -2.47. The van der Waals surface area contributed by atoms with Gasteiger partial charge in [0, 0.05) is 44.0 Å². The standard InChI is InChI=1S/C20H22N4OS/c1-23(2)20(25)15-8-10-24(11-9-15)18-17-16(14-6-4-3-5-7-14)12-26-19(17)22-13-21-18/h3-7,12-13,15H,8-11H2,1-2H3. The summed E-state index contributed by atoms with van der Waals surface area (Å²) in [4.78, 5) is 26.4. The van der Waals surface area contributed by atoms with E-state index in [0.29, 0.717) is 0 Å². The molecule has 0 unspecified atom stereocenters. The molecule has 3 aromatic rings. The van der Waals surface area contributed by atoms with Crippen LogP contribution in [0.5, 0.6) is 0 Å². The van der Waals surface area contributed by atoms with E-state index in [1.807, 2.05) is 20.2 Å². The number of hydrogen-bond acceptors (Lipinski definition) is 5. The fourth-order valence-corrected chi connectivity index (χ4v) is 4.54. The molecule has 1 aliphatic heterocycles. The van der Waals surface area contributed by atoms with E-state index in [1.165, 1.54) is 11.1 Å². The van der Waals surface area contributed by atoms with Crippen molar-refractivity contribution in [1.82, 2.24) is 14.9 Å². The molecule has 0 radical (unpaired) electrons. The molecule has 0 saturated carbocycles. The number of fused-ring (bicyclic) bond motifs is 1. The lowest BCUT2D eigenvalue weighted by atomic mass is 9.95. The minimum absolute atomic E-state index is 0.120. The Morgan fingerprint density at radius 2 is 1.88 bits per heavy atom. The van der Waals surface area contributed by atoms with E-state index in [-0.39, 0.29) is 11.8 Å². The molecular formula is C20H22N4OS. The average Bonchev–Trinajstić information content (AvgIpc) is 3.12. The maximum atomic E-state index is 12.2. The Morgan fingerprint density at radius 1 is 1.15 bits per heavy atom. The third-order valence-corrected chi connectivity index (χ3v) is 5.91. The maximum absolute atomic E-state index is 12.2. The van der Waals surface area contributed by atoms with E-state index in [9.17, 15) is 4.79 Å². The minimum Gasteiger partial charge on any atom is -0.356 e. The van der Waals surface area contributed by atoms with Gasteiger partial charge in [-0.15, -0.1) is 11.3 Å². The summed E-state index contributed by atoms with van der Waals surface area (Å²) in [5.74, 6) is 1.35. The molecule has 1 amide bonds.